The summed E-state index contributed by atoms with van der Waals surface area (Å²) in [5.41, 5.74) is 1.38. The minimum atomic E-state index is -0.996. The van der Waals surface area contributed by atoms with Crippen LogP contribution in [-0.4, -0.2) is 22.3 Å². The van der Waals surface area contributed by atoms with Crippen LogP contribution in [0, 0.1) is 5.92 Å². The monoisotopic (exact) mass is 497 g/mol. The van der Waals surface area contributed by atoms with E-state index in [0.717, 1.165) is 21.5 Å². The highest BCUT2D eigenvalue weighted by atomic mass is 79.9. The number of allylic oxidation sites excluding steroid dienone is 1. The van der Waals surface area contributed by atoms with Crippen LogP contribution in [0.1, 0.15) is 31.4 Å². The molecule has 0 saturated carbocycles. The topological polar surface area (TPSA) is 95.9 Å². The van der Waals surface area contributed by atoms with Crippen LogP contribution < -0.4 is 5.32 Å². The summed E-state index contributed by atoms with van der Waals surface area (Å²) >= 11 is 3.36. The van der Waals surface area contributed by atoms with E-state index >= 15 is 0 Å². The van der Waals surface area contributed by atoms with Crippen molar-refractivity contribution in [3.05, 3.63) is 82.9 Å². The van der Waals surface area contributed by atoms with Crippen molar-refractivity contribution in [1.82, 2.24) is 0 Å². The summed E-state index contributed by atoms with van der Waals surface area (Å²) in [6.07, 6.45) is 2.63. The summed E-state index contributed by atoms with van der Waals surface area (Å²) in [4.78, 5) is 23.4. The Balaban J connectivity index is 1.87. The molecule has 7 heteroatoms. The van der Waals surface area contributed by atoms with Crippen LogP contribution in [0.4, 0.5) is 10.5 Å². The fourth-order valence-electron chi connectivity index (χ4n) is 3.53. The molecule has 3 N–H and O–H groups in total. The van der Waals surface area contributed by atoms with Crippen molar-refractivity contribution in [1.29, 1.82) is 0 Å². The molecule has 32 heavy (non-hydrogen) atoms. The van der Waals surface area contributed by atoms with E-state index in [4.69, 9.17) is 9.84 Å². The Morgan fingerprint density at radius 2 is 1.75 bits per heavy atom. The van der Waals surface area contributed by atoms with Gasteiger partial charge in [0.1, 0.15) is 11.9 Å². The summed E-state index contributed by atoms with van der Waals surface area (Å²) in [6, 6.07) is 17.9. The molecule has 0 aromatic heterocycles. The third-order valence-corrected chi connectivity index (χ3v) is 5.66. The van der Waals surface area contributed by atoms with Crippen LogP contribution in [-0.2, 0) is 9.53 Å². The molecule has 0 aliphatic heterocycles. The van der Waals surface area contributed by atoms with Gasteiger partial charge in [-0.3, -0.25) is 5.32 Å². The number of carbonyl (C=O) groups excluding carboxylic acids is 1. The second-order valence-electron chi connectivity index (χ2n) is 7.47. The Morgan fingerprint density at radius 3 is 2.44 bits per heavy atom. The number of benzene rings is 3. The number of halogens is 1. The lowest BCUT2D eigenvalue weighted by atomic mass is 9.89. The van der Waals surface area contributed by atoms with E-state index in [1.165, 1.54) is 0 Å². The van der Waals surface area contributed by atoms with Gasteiger partial charge in [0.15, 0.2) is 0 Å². The van der Waals surface area contributed by atoms with Crippen LogP contribution in [0.3, 0.4) is 0 Å². The van der Waals surface area contributed by atoms with E-state index in [2.05, 4.69) is 21.2 Å². The average Bonchev–Trinajstić information content (AvgIpc) is 2.77. The molecule has 3 aromatic rings. The zero-order valence-electron chi connectivity index (χ0n) is 17.5. The average molecular weight is 498 g/mol. The lowest BCUT2D eigenvalue weighted by Crippen LogP contribution is -2.22. The number of carbonyl (C=O) groups is 2. The van der Waals surface area contributed by atoms with Crippen LogP contribution in [0.2, 0.25) is 0 Å². The maximum absolute atomic E-state index is 12.7. The summed E-state index contributed by atoms with van der Waals surface area (Å²) in [7, 11) is 0. The molecule has 2 atom stereocenters. The maximum atomic E-state index is 12.7. The van der Waals surface area contributed by atoms with Crippen molar-refractivity contribution in [3.8, 4) is 5.75 Å². The molecule has 166 valence electrons. The Hall–Kier alpha value is -3.32. The van der Waals surface area contributed by atoms with Gasteiger partial charge in [-0.15, -0.1) is 0 Å². The molecule has 6 nitrogen and oxygen atoms in total. The number of carboxylic acids is 1. The highest BCUT2D eigenvalue weighted by Crippen LogP contribution is 2.37. The summed E-state index contributed by atoms with van der Waals surface area (Å²) in [5, 5.41) is 23.3. The lowest BCUT2D eigenvalue weighted by Gasteiger charge is -2.26. The smallest absolute Gasteiger partial charge is 0.412 e. The highest BCUT2D eigenvalue weighted by molar-refractivity contribution is 9.10. The Kier molecular flexibility index (Phi) is 7.89. The molecule has 3 rings (SSSR count). The zero-order valence-corrected chi connectivity index (χ0v) is 19.1. The van der Waals surface area contributed by atoms with Gasteiger partial charge in [-0.25, -0.2) is 9.59 Å². The van der Waals surface area contributed by atoms with E-state index in [0.29, 0.717) is 23.9 Å². The van der Waals surface area contributed by atoms with Gasteiger partial charge in [0, 0.05) is 27.2 Å². The van der Waals surface area contributed by atoms with Gasteiger partial charge in [0.2, 0.25) is 0 Å². The molecule has 0 spiro atoms. The molecular weight excluding hydrogens is 474 g/mol. The second-order valence-corrected chi connectivity index (χ2v) is 8.39. The SMILES string of the molecule is C[C@H](CC/C=C/C(=O)O)[C@@H](OC(=O)Nc1ccc(Br)cc1)c1ccc(O)c2ccccc12. The largest absolute Gasteiger partial charge is 0.507 e. The first-order valence-electron chi connectivity index (χ1n) is 10.2. The summed E-state index contributed by atoms with van der Waals surface area (Å²) in [6.45, 7) is 1.95. The predicted molar refractivity (Wildman–Crippen MR) is 128 cm³/mol. The number of aromatic hydroxyl groups is 1. The fraction of sp³-hybridized carbons (Fsp3) is 0.200. The molecule has 1 amide bonds. The van der Waals surface area contributed by atoms with Crippen molar-refractivity contribution in [3.63, 3.8) is 0 Å². The van der Waals surface area contributed by atoms with E-state index in [1.807, 2.05) is 43.3 Å². The second kappa shape index (κ2) is 10.8. The van der Waals surface area contributed by atoms with Crippen LogP contribution in [0.5, 0.6) is 5.75 Å². The Bertz CT molecular complexity index is 1130. The van der Waals surface area contributed by atoms with Crippen molar-refractivity contribution < 1.29 is 24.5 Å². The first kappa shape index (κ1) is 23.3. The van der Waals surface area contributed by atoms with E-state index in [-0.39, 0.29) is 11.7 Å². The van der Waals surface area contributed by atoms with Crippen LogP contribution >= 0.6 is 15.9 Å². The molecule has 0 unspecified atom stereocenters. The molecular formula is C25H24BrNO5. The zero-order chi connectivity index (χ0) is 23.1. The number of fused-ring (bicyclic) bond motifs is 1. The number of ether oxygens (including phenoxy) is 1. The Labute approximate surface area is 194 Å². The minimum absolute atomic E-state index is 0.114. The van der Waals surface area contributed by atoms with Gasteiger partial charge >= 0.3 is 12.1 Å². The molecule has 0 saturated heterocycles. The molecule has 0 bridgehead atoms. The third-order valence-electron chi connectivity index (χ3n) is 5.13. The predicted octanol–water partition coefficient (Wildman–Crippen LogP) is 6.65. The fourth-order valence-corrected chi connectivity index (χ4v) is 3.80. The van der Waals surface area contributed by atoms with Gasteiger partial charge < -0.3 is 14.9 Å². The molecule has 0 fully saturated rings. The van der Waals surface area contributed by atoms with Gasteiger partial charge in [-0.2, -0.15) is 0 Å². The standard InChI is InChI=1S/C25H24BrNO5/c1-16(6-2-5-9-23(29)30)24(32-25(31)27-18-12-10-17(26)11-13-18)21-14-15-22(28)20-8-4-3-7-19(20)21/h3-5,7-16,24,28H,2,6H2,1H3,(H,27,31)(H,29,30)/b9-5+/t16-,24-/m1/s1. The number of rotatable bonds is 8. The van der Waals surface area contributed by atoms with Crippen molar-refractivity contribution in [2.75, 3.05) is 5.32 Å². The van der Waals surface area contributed by atoms with E-state index in [9.17, 15) is 14.7 Å². The van der Waals surface area contributed by atoms with Crippen LogP contribution in [0.15, 0.2) is 77.3 Å². The highest BCUT2D eigenvalue weighted by Gasteiger charge is 2.26. The Morgan fingerprint density at radius 1 is 1.06 bits per heavy atom. The molecule has 0 aliphatic rings. The summed E-state index contributed by atoms with van der Waals surface area (Å²) < 4.78 is 6.77. The van der Waals surface area contributed by atoms with E-state index in [1.54, 1.807) is 30.3 Å². The number of phenols is 1. The molecule has 3 aromatic carbocycles. The van der Waals surface area contributed by atoms with Gasteiger partial charge in [0.25, 0.3) is 0 Å². The molecule has 0 aliphatic carbocycles. The quantitative estimate of drug-likeness (QED) is 0.302. The van der Waals surface area contributed by atoms with Gasteiger partial charge in [-0.05, 0) is 54.5 Å². The lowest BCUT2D eigenvalue weighted by molar-refractivity contribution is -0.131. The number of hydrogen-bond acceptors (Lipinski definition) is 4. The molecule has 0 radical (unpaired) electrons. The number of carboxylic acid groups (broad SMARTS) is 1. The van der Waals surface area contributed by atoms with Crippen molar-refractivity contribution in [2.24, 2.45) is 5.92 Å². The van der Waals surface area contributed by atoms with Crippen LogP contribution in [0.25, 0.3) is 10.8 Å². The number of hydrogen-bond donors (Lipinski definition) is 3. The first-order chi connectivity index (χ1) is 15.3. The first-order valence-corrected chi connectivity index (χ1v) is 11.0. The third kappa shape index (κ3) is 6.11. The van der Waals surface area contributed by atoms with Gasteiger partial charge in [-0.1, -0.05) is 59.3 Å². The summed E-state index contributed by atoms with van der Waals surface area (Å²) in [5.74, 6) is -0.958. The van der Waals surface area contributed by atoms with E-state index < -0.39 is 18.2 Å². The van der Waals surface area contributed by atoms with Gasteiger partial charge in [0.05, 0.1) is 0 Å². The minimum Gasteiger partial charge on any atom is -0.507 e. The number of phenolic OH excluding ortho intramolecular Hbond substituents is 1. The number of anilines is 1. The maximum Gasteiger partial charge on any atom is 0.412 e. The number of nitrogens with one attached hydrogen (secondary N) is 1. The van der Waals surface area contributed by atoms with Crippen molar-refractivity contribution in [2.45, 2.75) is 25.9 Å². The van der Waals surface area contributed by atoms with Crippen molar-refractivity contribution >= 4 is 44.5 Å². The normalized spacial score (nSPS) is 13.1. The number of amides is 1. The number of aliphatic carboxylic acids is 1. The molecule has 0 heterocycles.